The van der Waals surface area contributed by atoms with E-state index in [1.165, 1.54) is 0 Å². The number of furan rings is 1. The van der Waals surface area contributed by atoms with E-state index in [4.69, 9.17) is 13.4 Å². The van der Waals surface area contributed by atoms with E-state index < -0.39 is 0 Å². The van der Waals surface area contributed by atoms with Gasteiger partial charge in [0.25, 0.3) is 5.89 Å². The summed E-state index contributed by atoms with van der Waals surface area (Å²) in [6.45, 7) is 3.64. The second-order valence-corrected chi connectivity index (χ2v) is 5.59. The van der Waals surface area contributed by atoms with Crippen molar-refractivity contribution >= 4 is 22.9 Å². The maximum Gasteiger partial charge on any atom is 0.322 e. The van der Waals surface area contributed by atoms with E-state index in [-0.39, 0.29) is 24.2 Å². The number of anilines is 1. The zero-order valence-corrected chi connectivity index (χ0v) is 13.6. The topological polar surface area (TPSA) is 107 Å². The summed E-state index contributed by atoms with van der Waals surface area (Å²) in [6.07, 6.45) is 0.0403. The molecule has 0 radical (unpaired) electrons. The van der Waals surface area contributed by atoms with Crippen LogP contribution in [0.2, 0.25) is 0 Å². The van der Waals surface area contributed by atoms with Crippen molar-refractivity contribution in [3.63, 3.8) is 0 Å². The molecule has 0 saturated heterocycles. The third-order valence-corrected chi connectivity index (χ3v) is 3.72. The molecule has 0 aliphatic heterocycles. The zero-order chi connectivity index (χ0) is 17.4. The molecule has 0 spiro atoms. The van der Waals surface area contributed by atoms with Crippen LogP contribution < -0.4 is 5.32 Å². The summed E-state index contributed by atoms with van der Waals surface area (Å²) in [5.41, 5.74) is 1.89. The number of rotatable bonds is 4. The molecule has 8 nitrogen and oxygen atoms in total. The van der Waals surface area contributed by atoms with Crippen molar-refractivity contribution in [3.05, 3.63) is 47.5 Å². The standard InChI is InChI=1S/C17H14N4O4/c1-9-7-12(10(2)23-9)16-19-20-17(24-16)18-15(22)8-13-11-5-3-4-6-14(11)25-21-13/h3-7H,8H2,1-2H3,(H,18,20,22). The number of carbonyl (C=O) groups excluding carboxylic acids is 1. The number of aryl methyl sites for hydroxylation is 2. The number of nitrogens with zero attached hydrogens (tertiary/aromatic N) is 3. The Bertz CT molecular complexity index is 1060. The van der Waals surface area contributed by atoms with Crippen molar-refractivity contribution in [1.29, 1.82) is 0 Å². The fourth-order valence-corrected chi connectivity index (χ4v) is 2.61. The lowest BCUT2D eigenvalue weighted by Crippen LogP contribution is -2.15. The molecular formula is C17H14N4O4. The van der Waals surface area contributed by atoms with Crippen LogP contribution in [0.5, 0.6) is 0 Å². The number of para-hydroxylation sites is 1. The minimum atomic E-state index is -0.325. The number of aromatic nitrogens is 3. The van der Waals surface area contributed by atoms with Gasteiger partial charge < -0.3 is 13.4 Å². The first kappa shape index (κ1) is 15.1. The summed E-state index contributed by atoms with van der Waals surface area (Å²) < 4.78 is 16.1. The summed E-state index contributed by atoms with van der Waals surface area (Å²) in [6, 6.07) is 9.17. The fraction of sp³-hybridized carbons (Fsp3) is 0.176. The third-order valence-electron chi connectivity index (χ3n) is 3.72. The molecule has 0 aliphatic carbocycles. The fourth-order valence-electron chi connectivity index (χ4n) is 2.61. The highest BCUT2D eigenvalue weighted by Crippen LogP contribution is 2.26. The smallest absolute Gasteiger partial charge is 0.322 e. The van der Waals surface area contributed by atoms with Crippen LogP contribution in [0.4, 0.5) is 6.01 Å². The van der Waals surface area contributed by atoms with Crippen molar-refractivity contribution in [2.75, 3.05) is 5.32 Å². The molecule has 4 aromatic rings. The summed E-state index contributed by atoms with van der Waals surface area (Å²) in [5, 5.41) is 15.1. The number of fused-ring (bicyclic) bond motifs is 1. The van der Waals surface area contributed by atoms with E-state index in [1.54, 1.807) is 19.1 Å². The Hall–Kier alpha value is -3.42. The molecule has 3 heterocycles. The quantitative estimate of drug-likeness (QED) is 0.608. The van der Waals surface area contributed by atoms with E-state index in [0.29, 0.717) is 22.6 Å². The van der Waals surface area contributed by atoms with Gasteiger partial charge in [-0.25, -0.2) is 0 Å². The highest BCUT2D eigenvalue weighted by molar-refractivity contribution is 5.93. The molecule has 8 heteroatoms. The van der Waals surface area contributed by atoms with Gasteiger partial charge in [0.2, 0.25) is 5.91 Å². The molecule has 4 rings (SSSR count). The summed E-state index contributed by atoms with van der Waals surface area (Å²) in [5.74, 6) is 1.38. The van der Waals surface area contributed by atoms with E-state index in [1.807, 2.05) is 25.1 Å². The first-order chi connectivity index (χ1) is 12.1. The zero-order valence-electron chi connectivity index (χ0n) is 13.6. The average Bonchev–Trinajstić information content (AvgIpc) is 3.27. The first-order valence-corrected chi connectivity index (χ1v) is 7.64. The molecule has 0 fully saturated rings. The maximum absolute atomic E-state index is 12.2. The van der Waals surface area contributed by atoms with Crippen molar-refractivity contribution < 1.29 is 18.2 Å². The average molecular weight is 338 g/mol. The van der Waals surface area contributed by atoms with Crippen LogP contribution in [0.1, 0.15) is 17.2 Å². The van der Waals surface area contributed by atoms with Crippen molar-refractivity contribution in [2.45, 2.75) is 20.3 Å². The molecule has 3 aromatic heterocycles. The Morgan fingerprint density at radius 2 is 2.00 bits per heavy atom. The number of carbonyl (C=O) groups is 1. The van der Waals surface area contributed by atoms with E-state index in [2.05, 4.69) is 20.7 Å². The van der Waals surface area contributed by atoms with Gasteiger partial charge in [-0.15, -0.1) is 5.10 Å². The molecule has 126 valence electrons. The van der Waals surface area contributed by atoms with Gasteiger partial charge in [-0.3, -0.25) is 10.1 Å². The van der Waals surface area contributed by atoms with Gasteiger partial charge >= 0.3 is 6.01 Å². The van der Waals surface area contributed by atoms with E-state index in [9.17, 15) is 4.79 Å². The molecule has 25 heavy (non-hydrogen) atoms. The van der Waals surface area contributed by atoms with Crippen molar-refractivity contribution in [3.8, 4) is 11.5 Å². The Kier molecular flexibility index (Phi) is 3.57. The van der Waals surface area contributed by atoms with Crippen LogP contribution in [0.15, 0.2) is 43.7 Å². The predicted octanol–water partition coefficient (Wildman–Crippen LogP) is 3.27. The summed E-state index contributed by atoms with van der Waals surface area (Å²) >= 11 is 0. The molecule has 1 aromatic carbocycles. The van der Waals surface area contributed by atoms with Crippen LogP contribution in [0.25, 0.3) is 22.4 Å². The third kappa shape index (κ3) is 2.89. The molecule has 1 N–H and O–H groups in total. The molecule has 0 bridgehead atoms. The van der Waals surface area contributed by atoms with Gasteiger partial charge in [0.15, 0.2) is 5.58 Å². The van der Waals surface area contributed by atoms with Gasteiger partial charge in [0.05, 0.1) is 12.0 Å². The van der Waals surface area contributed by atoms with E-state index in [0.717, 1.165) is 11.1 Å². The van der Waals surface area contributed by atoms with E-state index >= 15 is 0 Å². The SMILES string of the molecule is Cc1cc(-c2nnc(NC(=O)Cc3noc4ccccc34)o2)c(C)o1. The highest BCUT2D eigenvalue weighted by Gasteiger charge is 2.17. The van der Waals surface area contributed by atoms with Gasteiger partial charge in [-0.2, -0.15) is 0 Å². The highest BCUT2D eigenvalue weighted by atomic mass is 16.5. The molecular weight excluding hydrogens is 324 g/mol. The van der Waals surface area contributed by atoms with Crippen LogP contribution in [0, 0.1) is 13.8 Å². The number of hydrogen-bond donors (Lipinski definition) is 1. The van der Waals surface area contributed by atoms with Crippen LogP contribution in [-0.4, -0.2) is 21.3 Å². The van der Waals surface area contributed by atoms with Crippen molar-refractivity contribution in [2.24, 2.45) is 0 Å². The molecule has 0 aliphatic rings. The first-order valence-electron chi connectivity index (χ1n) is 7.64. The lowest BCUT2D eigenvalue weighted by atomic mass is 10.2. The monoisotopic (exact) mass is 338 g/mol. The Morgan fingerprint density at radius 3 is 2.80 bits per heavy atom. The second kappa shape index (κ2) is 5.90. The Morgan fingerprint density at radius 1 is 1.16 bits per heavy atom. The molecule has 0 saturated carbocycles. The number of hydrogen-bond acceptors (Lipinski definition) is 7. The summed E-state index contributed by atoms with van der Waals surface area (Å²) in [4.78, 5) is 12.2. The Labute approximate surface area is 141 Å². The van der Waals surface area contributed by atoms with Crippen molar-refractivity contribution in [1.82, 2.24) is 15.4 Å². The summed E-state index contributed by atoms with van der Waals surface area (Å²) in [7, 11) is 0. The molecule has 1 amide bonds. The number of nitrogens with one attached hydrogen (secondary N) is 1. The molecule has 0 unspecified atom stereocenters. The second-order valence-electron chi connectivity index (χ2n) is 5.59. The minimum absolute atomic E-state index is 0.0195. The van der Waals surface area contributed by atoms with Gasteiger partial charge in [0.1, 0.15) is 17.2 Å². The van der Waals surface area contributed by atoms with Crippen LogP contribution in [0.3, 0.4) is 0 Å². The van der Waals surface area contributed by atoms with Crippen LogP contribution >= 0.6 is 0 Å². The van der Waals surface area contributed by atoms with Gasteiger partial charge in [-0.1, -0.05) is 22.4 Å². The van der Waals surface area contributed by atoms with Crippen LogP contribution in [-0.2, 0) is 11.2 Å². The Balaban J connectivity index is 1.49. The van der Waals surface area contributed by atoms with Gasteiger partial charge in [0, 0.05) is 5.39 Å². The lowest BCUT2D eigenvalue weighted by molar-refractivity contribution is -0.115. The predicted molar refractivity (Wildman–Crippen MR) is 87.8 cm³/mol. The lowest BCUT2D eigenvalue weighted by Gasteiger charge is -1.98. The van der Waals surface area contributed by atoms with Gasteiger partial charge in [-0.05, 0) is 32.0 Å². The minimum Gasteiger partial charge on any atom is -0.466 e. The molecule has 0 atom stereocenters. The number of benzene rings is 1. The number of amides is 1. The maximum atomic E-state index is 12.2. The largest absolute Gasteiger partial charge is 0.466 e. The normalized spacial score (nSPS) is 11.1.